The minimum Gasteiger partial charge on any atom is -0.454 e. The molecular weight excluding hydrogens is 219 g/mol. The van der Waals surface area contributed by atoms with Crippen LogP contribution < -0.4 is 4.74 Å². The maximum absolute atomic E-state index is 13.4. The molecule has 0 atom stereocenters. The number of nitrogens with zero attached hydrogens (tertiary/aromatic N) is 1. The molecule has 3 rings (SSSR count). The second kappa shape index (κ2) is 3.90. The van der Waals surface area contributed by atoms with Crippen molar-refractivity contribution in [3.05, 3.63) is 54.5 Å². The molecule has 0 amide bonds. The molecule has 0 unspecified atom stereocenters. The smallest absolute Gasteiger partial charge is 0.165 e. The molecule has 0 aliphatic rings. The van der Waals surface area contributed by atoms with Crippen molar-refractivity contribution in [3.8, 4) is 11.5 Å². The summed E-state index contributed by atoms with van der Waals surface area (Å²) < 4.78 is 18.8. The van der Waals surface area contributed by atoms with Crippen LogP contribution in [0.25, 0.3) is 10.9 Å². The second-order valence-corrected chi connectivity index (χ2v) is 3.65. The van der Waals surface area contributed by atoms with E-state index in [0.717, 1.165) is 10.9 Å². The maximum Gasteiger partial charge on any atom is 0.165 e. The number of H-pyrrole nitrogens is 1. The van der Waals surface area contributed by atoms with Crippen LogP contribution in [0.2, 0.25) is 0 Å². The number of aromatic amines is 1. The van der Waals surface area contributed by atoms with Crippen LogP contribution in [-0.2, 0) is 0 Å². The van der Waals surface area contributed by atoms with Crippen LogP contribution in [0.5, 0.6) is 11.5 Å². The topological polar surface area (TPSA) is 37.9 Å². The molecule has 0 fully saturated rings. The van der Waals surface area contributed by atoms with Gasteiger partial charge in [-0.15, -0.1) is 0 Å². The van der Waals surface area contributed by atoms with E-state index in [4.69, 9.17) is 4.74 Å². The summed E-state index contributed by atoms with van der Waals surface area (Å²) >= 11 is 0. The molecule has 1 heterocycles. The lowest BCUT2D eigenvalue weighted by Crippen LogP contribution is -1.87. The maximum atomic E-state index is 13.4. The number of rotatable bonds is 2. The SMILES string of the molecule is Fc1ccccc1Oc1ccc2cn[nH]c2c1. The fourth-order valence-electron chi connectivity index (χ4n) is 1.63. The van der Waals surface area contributed by atoms with Gasteiger partial charge in [-0.05, 0) is 24.3 Å². The molecule has 3 nitrogen and oxygen atoms in total. The number of ether oxygens (including phenoxy) is 1. The van der Waals surface area contributed by atoms with Crippen LogP contribution in [0.4, 0.5) is 4.39 Å². The van der Waals surface area contributed by atoms with Crippen molar-refractivity contribution in [2.24, 2.45) is 0 Å². The predicted molar refractivity (Wildman–Crippen MR) is 62.6 cm³/mol. The van der Waals surface area contributed by atoms with Crippen molar-refractivity contribution in [1.82, 2.24) is 10.2 Å². The molecule has 0 spiro atoms. The summed E-state index contributed by atoms with van der Waals surface area (Å²) in [6.45, 7) is 0. The average Bonchev–Trinajstić information content (AvgIpc) is 2.79. The van der Waals surface area contributed by atoms with E-state index in [0.29, 0.717) is 5.75 Å². The van der Waals surface area contributed by atoms with Gasteiger partial charge in [0, 0.05) is 11.5 Å². The molecule has 1 aromatic heterocycles. The van der Waals surface area contributed by atoms with E-state index in [9.17, 15) is 4.39 Å². The third kappa shape index (κ3) is 1.85. The molecule has 0 aliphatic carbocycles. The van der Waals surface area contributed by atoms with Gasteiger partial charge < -0.3 is 4.74 Å². The summed E-state index contributed by atoms with van der Waals surface area (Å²) in [7, 11) is 0. The number of hydrogen-bond donors (Lipinski definition) is 1. The molecule has 0 saturated carbocycles. The van der Waals surface area contributed by atoms with Gasteiger partial charge >= 0.3 is 0 Å². The van der Waals surface area contributed by atoms with Gasteiger partial charge in [-0.3, -0.25) is 5.10 Å². The van der Waals surface area contributed by atoms with Gasteiger partial charge in [0.15, 0.2) is 11.6 Å². The molecule has 0 aliphatic heterocycles. The molecule has 1 N–H and O–H groups in total. The fraction of sp³-hybridized carbons (Fsp3) is 0. The summed E-state index contributed by atoms with van der Waals surface area (Å²) in [6.07, 6.45) is 1.72. The number of benzene rings is 2. The molecule has 0 saturated heterocycles. The minimum atomic E-state index is -0.378. The van der Waals surface area contributed by atoms with Crippen molar-refractivity contribution in [2.45, 2.75) is 0 Å². The molecule has 0 radical (unpaired) electrons. The number of nitrogens with one attached hydrogen (secondary N) is 1. The van der Waals surface area contributed by atoms with E-state index >= 15 is 0 Å². The van der Waals surface area contributed by atoms with Crippen LogP contribution in [0, 0.1) is 5.82 Å². The number of hydrogen-bond acceptors (Lipinski definition) is 2. The van der Waals surface area contributed by atoms with Gasteiger partial charge in [0.25, 0.3) is 0 Å². The second-order valence-electron chi connectivity index (χ2n) is 3.65. The first-order chi connectivity index (χ1) is 8.33. The van der Waals surface area contributed by atoms with Gasteiger partial charge in [-0.1, -0.05) is 12.1 Å². The summed E-state index contributed by atoms with van der Waals surface area (Å²) in [4.78, 5) is 0. The van der Waals surface area contributed by atoms with E-state index in [-0.39, 0.29) is 11.6 Å². The summed E-state index contributed by atoms with van der Waals surface area (Å²) in [5.74, 6) is 0.412. The highest BCUT2D eigenvalue weighted by Crippen LogP contribution is 2.26. The first kappa shape index (κ1) is 9.84. The standard InChI is InChI=1S/C13H9FN2O/c14-11-3-1-2-4-13(11)17-10-6-5-9-8-15-16-12(9)7-10/h1-8H,(H,15,16). The zero-order valence-electron chi connectivity index (χ0n) is 8.85. The Hall–Kier alpha value is -2.36. The highest BCUT2D eigenvalue weighted by molar-refractivity contribution is 5.79. The largest absolute Gasteiger partial charge is 0.454 e. The average molecular weight is 228 g/mol. The number of fused-ring (bicyclic) bond motifs is 1. The van der Waals surface area contributed by atoms with Crippen LogP contribution in [0.1, 0.15) is 0 Å². The molecule has 0 bridgehead atoms. The van der Waals surface area contributed by atoms with Gasteiger partial charge in [0.05, 0.1) is 11.7 Å². The summed E-state index contributed by atoms with van der Waals surface area (Å²) in [5.41, 5.74) is 0.860. The first-order valence-corrected chi connectivity index (χ1v) is 5.18. The van der Waals surface area contributed by atoms with Gasteiger partial charge in [-0.25, -0.2) is 4.39 Å². The quantitative estimate of drug-likeness (QED) is 0.729. The Labute approximate surface area is 96.8 Å². The Balaban J connectivity index is 1.97. The molecule has 2 aromatic carbocycles. The Morgan fingerprint density at radius 2 is 2.00 bits per heavy atom. The monoisotopic (exact) mass is 228 g/mol. The van der Waals surface area contributed by atoms with Crippen molar-refractivity contribution in [2.75, 3.05) is 0 Å². The predicted octanol–water partition coefficient (Wildman–Crippen LogP) is 3.49. The molecule has 17 heavy (non-hydrogen) atoms. The minimum absolute atomic E-state index is 0.214. The lowest BCUT2D eigenvalue weighted by molar-refractivity contribution is 0.443. The van der Waals surface area contributed by atoms with E-state index in [1.165, 1.54) is 6.07 Å². The normalized spacial score (nSPS) is 10.6. The lowest BCUT2D eigenvalue weighted by atomic mass is 10.2. The third-order valence-corrected chi connectivity index (χ3v) is 2.48. The summed E-state index contributed by atoms with van der Waals surface area (Å²) in [5, 5.41) is 7.74. The Bertz CT molecular complexity index is 663. The third-order valence-electron chi connectivity index (χ3n) is 2.48. The fourth-order valence-corrected chi connectivity index (χ4v) is 1.63. The Morgan fingerprint density at radius 1 is 1.12 bits per heavy atom. The molecule has 4 heteroatoms. The first-order valence-electron chi connectivity index (χ1n) is 5.18. The molecule has 3 aromatic rings. The van der Waals surface area contributed by atoms with Crippen molar-refractivity contribution in [1.29, 1.82) is 0 Å². The van der Waals surface area contributed by atoms with Gasteiger partial charge in [-0.2, -0.15) is 5.10 Å². The molecular formula is C13H9FN2O. The lowest BCUT2D eigenvalue weighted by Gasteiger charge is -2.06. The van der Waals surface area contributed by atoms with E-state index in [1.807, 2.05) is 6.07 Å². The number of para-hydroxylation sites is 1. The zero-order chi connectivity index (χ0) is 11.7. The highest BCUT2D eigenvalue weighted by Gasteiger charge is 2.04. The van der Waals surface area contributed by atoms with E-state index in [2.05, 4.69) is 10.2 Å². The van der Waals surface area contributed by atoms with Crippen LogP contribution in [0.15, 0.2) is 48.7 Å². The highest BCUT2D eigenvalue weighted by atomic mass is 19.1. The van der Waals surface area contributed by atoms with Crippen LogP contribution in [0.3, 0.4) is 0 Å². The Kier molecular flexibility index (Phi) is 2.26. The number of aromatic nitrogens is 2. The molecule has 84 valence electrons. The van der Waals surface area contributed by atoms with Crippen molar-refractivity contribution in [3.63, 3.8) is 0 Å². The van der Waals surface area contributed by atoms with Crippen LogP contribution >= 0.6 is 0 Å². The van der Waals surface area contributed by atoms with E-state index in [1.54, 1.807) is 36.5 Å². The summed E-state index contributed by atoms with van der Waals surface area (Å²) in [6, 6.07) is 11.7. The zero-order valence-corrected chi connectivity index (χ0v) is 8.85. The number of halogens is 1. The Morgan fingerprint density at radius 3 is 2.88 bits per heavy atom. The van der Waals surface area contributed by atoms with Crippen molar-refractivity contribution < 1.29 is 9.13 Å². The van der Waals surface area contributed by atoms with Gasteiger partial charge in [0.2, 0.25) is 0 Å². The van der Waals surface area contributed by atoms with Crippen LogP contribution in [-0.4, -0.2) is 10.2 Å². The van der Waals surface area contributed by atoms with Gasteiger partial charge in [0.1, 0.15) is 5.75 Å². The van der Waals surface area contributed by atoms with Crippen molar-refractivity contribution >= 4 is 10.9 Å². The van der Waals surface area contributed by atoms with E-state index < -0.39 is 0 Å².